The van der Waals surface area contributed by atoms with Gasteiger partial charge in [-0.1, -0.05) is 0 Å². The van der Waals surface area contributed by atoms with Gasteiger partial charge in [0.05, 0.1) is 11.7 Å². The first-order valence-corrected chi connectivity index (χ1v) is 9.34. The summed E-state index contributed by atoms with van der Waals surface area (Å²) in [4.78, 5) is 12.7. The number of aliphatic hydroxyl groups excluding tert-OH is 3. The molecule has 0 amide bonds. The highest BCUT2D eigenvalue weighted by molar-refractivity contribution is 5.88. The third-order valence-electron chi connectivity index (χ3n) is 5.41. The van der Waals surface area contributed by atoms with Gasteiger partial charge in [0.2, 0.25) is 0 Å². The molecule has 5 atom stereocenters. The van der Waals surface area contributed by atoms with Gasteiger partial charge in [-0.25, -0.2) is 0 Å². The first kappa shape index (κ1) is 20.9. The van der Waals surface area contributed by atoms with E-state index >= 15 is 0 Å². The van der Waals surface area contributed by atoms with Crippen LogP contribution in [0.5, 0.6) is 23.0 Å². The molecule has 2 heterocycles. The summed E-state index contributed by atoms with van der Waals surface area (Å²) in [6.45, 7) is 1.44. The van der Waals surface area contributed by atoms with E-state index in [4.69, 9.17) is 9.15 Å². The first-order chi connectivity index (χ1) is 14.6. The van der Waals surface area contributed by atoms with Crippen molar-refractivity contribution in [3.63, 3.8) is 0 Å². The molecule has 1 aromatic heterocycles. The van der Waals surface area contributed by atoms with Crippen molar-refractivity contribution in [2.45, 2.75) is 37.4 Å². The summed E-state index contributed by atoms with van der Waals surface area (Å²) in [5.74, 6) is -2.07. The van der Waals surface area contributed by atoms with E-state index in [1.165, 1.54) is 25.1 Å². The van der Waals surface area contributed by atoms with Gasteiger partial charge < -0.3 is 44.9 Å². The Labute approximate surface area is 174 Å². The van der Waals surface area contributed by atoms with E-state index in [0.29, 0.717) is 0 Å². The van der Waals surface area contributed by atoms with E-state index in [9.17, 15) is 40.5 Å². The molecular formula is C21H20O10. The van der Waals surface area contributed by atoms with Crippen molar-refractivity contribution in [2.75, 3.05) is 0 Å². The van der Waals surface area contributed by atoms with Crippen LogP contribution in [0.4, 0.5) is 0 Å². The molecule has 3 aromatic rings. The summed E-state index contributed by atoms with van der Waals surface area (Å²) in [5, 5.41) is 70.3. The van der Waals surface area contributed by atoms with Crippen molar-refractivity contribution in [3.8, 4) is 34.3 Å². The van der Waals surface area contributed by atoms with Crippen molar-refractivity contribution in [3.05, 3.63) is 46.1 Å². The maximum atomic E-state index is 12.7. The molecule has 0 unspecified atom stereocenters. The lowest BCUT2D eigenvalue weighted by molar-refractivity contribution is -0.220. The van der Waals surface area contributed by atoms with Gasteiger partial charge in [-0.2, -0.15) is 0 Å². The summed E-state index contributed by atoms with van der Waals surface area (Å²) in [5.41, 5.74) is -0.955. The normalized spacial score (nSPS) is 26.3. The van der Waals surface area contributed by atoms with Crippen LogP contribution in [0.2, 0.25) is 0 Å². The Hall–Kier alpha value is -3.31. The molecule has 2 aromatic carbocycles. The lowest BCUT2D eigenvalue weighted by Gasteiger charge is -2.39. The van der Waals surface area contributed by atoms with E-state index in [1.807, 2.05) is 0 Å². The molecule has 7 N–H and O–H groups in total. The first-order valence-electron chi connectivity index (χ1n) is 9.34. The average Bonchev–Trinajstić information content (AvgIpc) is 2.71. The fourth-order valence-electron chi connectivity index (χ4n) is 3.69. The number of fused-ring (bicyclic) bond motifs is 1. The smallest absolute Gasteiger partial charge is 0.197 e. The van der Waals surface area contributed by atoms with Crippen LogP contribution >= 0.6 is 0 Å². The topological polar surface area (TPSA) is 181 Å². The maximum Gasteiger partial charge on any atom is 0.197 e. The molecular weight excluding hydrogens is 412 g/mol. The molecule has 0 bridgehead atoms. The van der Waals surface area contributed by atoms with E-state index in [-0.39, 0.29) is 33.6 Å². The summed E-state index contributed by atoms with van der Waals surface area (Å²) in [6, 6.07) is 5.87. The highest BCUT2D eigenvalue weighted by atomic mass is 16.5. The third-order valence-corrected chi connectivity index (χ3v) is 5.41. The Morgan fingerprint density at radius 2 is 1.55 bits per heavy atom. The van der Waals surface area contributed by atoms with Gasteiger partial charge >= 0.3 is 0 Å². The number of hydrogen-bond donors (Lipinski definition) is 7. The predicted molar refractivity (Wildman–Crippen MR) is 106 cm³/mol. The molecule has 0 spiro atoms. The number of aromatic hydroxyl groups is 4. The van der Waals surface area contributed by atoms with Crippen LogP contribution in [0, 0.1) is 0 Å². The van der Waals surface area contributed by atoms with Gasteiger partial charge in [0.1, 0.15) is 52.6 Å². The van der Waals surface area contributed by atoms with Crippen molar-refractivity contribution < 1.29 is 44.9 Å². The second-order valence-corrected chi connectivity index (χ2v) is 7.44. The molecule has 164 valence electrons. The molecule has 0 aliphatic carbocycles. The SMILES string of the molecule is C[C@H]1O[C@@H](c2c(O)cc3oc(-c4ccc(O)c(O)c4)cc(=O)c3c2O)[C@H](O)[C@@H](O)[C@@H]1O. The predicted octanol–water partition coefficient (Wildman–Crippen LogP) is 0.825. The lowest BCUT2D eigenvalue weighted by Crippen LogP contribution is -2.53. The minimum Gasteiger partial charge on any atom is -0.507 e. The van der Waals surface area contributed by atoms with E-state index < -0.39 is 53.2 Å². The fourth-order valence-corrected chi connectivity index (χ4v) is 3.69. The Morgan fingerprint density at radius 3 is 2.23 bits per heavy atom. The molecule has 1 aliphatic heterocycles. The summed E-state index contributed by atoms with van der Waals surface area (Å²) >= 11 is 0. The van der Waals surface area contributed by atoms with E-state index in [2.05, 4.69) is 0 Å². The molecule has 0 saturated carbocycles. The Balaban J connectivity index is 1.87. The Morgan fingerprint density at radius 1 is 0.839 bits per heavy atom. The Kier molecular flexibility index (Phi) is 5.02. The van der Waals surface area contributed by atoms with Crippen LogP contribution in [-0.2, 0) is 4.74 Å². The van der Waals surface area contributed by atoms with Gasteiger partial charge in [-0.3, -0.25) is 4.79 Å². The molecule has 10 heteroatoms. The van der Waals surface area contributed by atoms with Crippen LogP contribution in [0.15, 0.2) is 39.5 Å². The minimum atomic E-state index is -1.69. The van der Waals surface area contributed by atoms with Crippen LogP contribution in [0.3, 0.4) is 0 Å². The number of aliphatic hydroxyl groups is 3. The largest absolute Gasteiger partial charge is 0.507 e. The molecule has 0 radical (unpaired) electrons. The van der Waals surface area contributed by atoms with Crippen molar-refractivity contribution >= 4 is 11.0 Å². The summed E-state index contributed by atoms with van der Waals surface area (Å²) in [7, 11) is 0. The molecule has 1 saturated heterocycles. The number of phenols is 4. The highest BCUT2D eigenvalue weighted by Gasteiger charge is 2.44. The number of benzene rings is 2. The van der Waals surface area contributed by atoms with E-state index in [0.717, 1.165) is 12.1 Å². The van der Waals surface area contributed by atoms with Crippen LogP contribution in [-0.4, -0.2) is 60.2 Å². The zero-order chi connectivity index (χ0) is 22.6. The van der Waals surface area contributed by atoms with Crippen molar-refractivity contribution in [1.29, 1.82) is 0 Å². The minimum absolute atomic E-state index is 0.000433. The quantitative estimate of drug-likeness (QED) is 0.286. The van der Waals surface area contributed by atoms with Gasteiger partial charge in [-0.15, -0.1) is 0 Å². The average molecular weight is 432 g/mol. The van der Waals surface area contributed by atoms with Gasteiger partial charge in [0.25, 0.3) is 0 Å². The number of hydrogen-bond acceptors (Lipinski definition) is 10. The number of phenolic OH excluding ortho intramolecular Hbond substituents is 4. The lowest BCUT2D eigenvalue weighted by atomic mass is 9.90. The summed E-state index contributed by atoms with van der Waals surface area (Å²) < 4.78 is 11.1. The number of rotatable bonds is 2. The summed E-state index contributed by atoms with van der Waals surface area (Å²) in [6.07, 6.45) is -7.04. The standard InChI is InChI=1S/C21H20O10/c1-7-17(26)19(28)20(29)21(30-7)16-12(25)6-14-15(18(16)27)11(24)5-13(31-14)8-2-3-9(22)10(23)4-8/h2-7,17,19-23,25-29H,1H3/t7-,17-,19+,20-,21+/m1/s1. The zero-order valence-electron chi connectivity index (χ0n) is 16.1. The number of ether oxygens (including phenoxy) is 1. The van der Waals surface area contributed by atoms with Gasteiger partial charge in [-0.05, 0) is 25.1 Å². The zero-order valence-corrected chi connectivity index (χ0v) is 16.1. The molecule has 1 aliphatic rings. The van der Waals surface area contributed by atoms with Gasteiger partial charge in [0.15, 0.2) is 16.9 Å². The second-order valence-electron chi connectivity index (χ2n) is 7.44. The molecule has 4 rings (SSSR count). The van der Waals surface area contributed by atoms with Crippen LogP contribution < -0.4 is 5.43 Å². The second kappa shape index (κ2) is 7.43. The monoisotopic (exact) mass is 432 g/mol. The van der Waals surface area contributed by atoms with Crippen molar-refractivity contribution in [2.24, 2.45) is 0 Å². The molecule has 31 heavy (non-hydrogen) atoms. The third kappa shape index (κ3) is 3.35. The van der Waals surface area contributed by atoms with Crippen molar-refractivity contribution in [1.82, 2.24) is 0 Å². The van der Waals surface area contributed by atoms with E-state index in [1.54, 1.807) is 0 Å². The van der Waals surface area contributed by atoms with Gasteiger partial charge in [0, 0.05) is 17.7 Å². The highest BCUT2D eigenvalue weighted by Crippen LogP contribution is 2.44. The maximum absolute atomic E-state index is 12.7. The van der Waals surface area contributed by atoms with Crippen LogP contribution in [0.25, 0.3) is 22.3 Å². The van der Waals surface area contributed by atoms with Crippen LogP contribution in [0.1, 0.15) is 18.6 Å². The fraction of sp³-hybridized carbons (Fsp3) is 0.286. The molecule has 10 nitrogen and oxygen atoms in total. The Bertz CT molecular complexity index is 1220. The molecule has 1 fully saturated rings.